The van der Waals surface area contributed by atoms with Crippen molar-refractivity contribution in [2.24, 2.45) is 0 Å². The van der Waals surface area contributed by atoms with Crippen molar-refractivity contribution in [1.82, 2.24) is 0 Å². The first-order valence-electron chi connectivity index (χ1n) is 3.78. The summed E-state index contributed by atoms with van der Waals surface area (Å²) in [7, 11) is 0. The van der Waals surface area contributed by atoms with Gasteiger partial charge in [0.2, 0.25) is 0 Å². The minimum absolute atomic E-state index is 0.606. The van der Waals surface area contributed by atoms with Gasteiger partial charge >= 0.3 is 17.9 Å². The fourth-order valence-corrected chi connectivity index (χ4v) is 0.880. The molecule has 0 amide bonds. The minimum Gasteiger partial charge on any atom is -0.332 e. The highest BCUT2D eigenvalue weighted by Crippen LogP contribution is 2.20. The molecule has 0 aromatic rings. The molecular weight excluding hydrogens is 230 g/mol. The molecule has 0 aromatic heterocycles. The van der Waals surface area contributed by atoms with Crippen molar-refractivity contribution in [3.05, 3.63) is 30.3 Å². The molecule has 0 rings (SSSR count). The Morgan fingerprint density at radius 1 is 1.19 bits per heavy atom. The van der Waals surface area contributed by atoms with Gasteiger partial charge in [-0.1, -0.05) is 0 Å². The molecule has 16 heavy (non-hydrogen) atoms. The van der Waals surface area contributed by atoms with Crippen LogP contribution < -0.4 is 0 Å². The molecule has 0 spiro atoms. The van der Waals surface area contributed by atoms with Gasteiger partial charge in [-0.25, -0.2) is 0 Å². The van der Waals surface area contributed by atoms with Crippen molar-refractivity contribution >= 4 is 5.97 Å². The van der Waals surface area contributed by atoms with Crippen LogP contribution in [-0.4, -0.2) is 32.6 Å². The van der Waals surface area contributed by atoms with Gasteiger partial charge in [0.25, 0.3) is 0 Å². The van der Waals surface area contributed by atoms with Gasteiger partial charge in [-0.2, -0.15) is 0 Å². The Kier molecular flexibility index (Phi) is 3.81. The quantitative estimate of drug-likeness (QED) is 0.266. The fraction of sp³-hybridized carbons (Fsp3) is 0.800. The summed E-state index contributed by atoms with van der Waals surface area (Å²) >= 11 is 0. The van der Waals surface area contributed by atoms with Gasteiger partial charge in [0.1, 0.15) is 9.85 Å². The second-order valence-electron chi connectivity index (χ2n) is 2.73. The van der Waals surface area contributed by atoms with Crippen LogP contribution in [0.3, 0.4) is 0 Å². The van der Waals surface area contributed by atoms with E-state index in [4.69, 9.17) is 0 Å². The highest BCUT2D eigenvalue weighted by Gasteiger charge is 2.73. The number of rotatable bonds is 5. The largest absolute Gasteiger partial charge is 0.690 e. The number of nitrogens with zero attached hydrogens (tertiary/aromatic N) is 3. The Morgan fingerprint density at radius 2 is 1.56 bits per heavy atom. The molecule has 90 valence electrons. The average molecular weight is 237 g/mol. The third-order valence-electron chi connectivity index (χ3n) is 1.68. The second kappa shape index (κ2) is 4.46. The maximum atomic E-state index is 10.5. The SMILES string of the molecule is CC(=O)OC(C(C)[N+](=O)[O-])([N+](=O)[O-])[N+](=O)[O-]. The minimum atomic E-state index is -3.60. The molecule has 0 aromatic carbocycles. The molecule has 0 N–H and O–H groups in total. The summed E-state index contributed by atoms with van der Waals surface area (Å²) in [5.74, 6) is -4.96. The van der Waals surface area contributed by atoms with Crippen molar-refractivity contribution in [2.45, 2.75) is 25.7 Å². The lowest BCUT2D eigenvalue weighted by Gasteiger charge is -2.15. The summed E-state index contributed by atoms with van der Waals surface area (Å²) in [5, 5.41) is 31.4. The number of carbonyl (C=O) groups is 1. The lowest BCUT2D eigenvalue weighted by atomic mass is 10.2. The number of hydrogen-bond donors (Lipinski definition) is 0. The summed E-state index contributed by atoms with van der Waals surface area (Å²) in [6, 6.07) is -2.32. The first-order chi connectivity index (χ1) is 7.16. The number of nitro groups is 3. The lowest BCUT2D eigenvalue weighted by Crippen LogP contribution is -2.60. The highest BCUT2D eigenvalue weighted by molar-refractivity contribution is 5.66. The Labute approximate surface area is 87.4 Å². The van der Waals surface area contributed by atoms with Crippen LogP contribution in [0, 0.1) is 30.3 Å². The maximum absolute atomic E-state index is 10.5. The lowest BCUT2D eigenvalue weighted by molar-refractivity contribution is -0.876. The van der Waals surface area contributed by atoms with E-state index in [2.05, 4.69) is 4.74 Å². The van der Waals surface area contributed by atoms with Gasteiger partial charge in [0.05, 0.1) is 0 Å². The summed E-state index contributed by atoms with van der Waals surface area (Å²) in [4.78, 5) is 37.4. The van der Waals surface area contributed by atoms with E-state index in [1.807, 2.05) is 0 Å². The topological polar surface area (TPSA) is 156 Å². The van der Waals surface area contributed by atoms with E-state index in [-0.39, 0.29) is 0 Å². The van der Waals surface area contributed by atoms with Gasteiger partial charge < -0.3 is 4.74 Å². The molecule has 11 heteroatoms. The van der Waals surface area contributed by atoms with E-state index in [0.717, 1.165) is 0 Å². The smallest absolute Gasteiger partial charge is 0.332 e. The molecule has 0 aliphatic carbocycles. The predicted molar refractivity (Wildman–Crippen MR) is 44.9 cm³/mol. The van der Waals surface area contributed by atoms with Gasteiger partial charge in [-0.15, -0.1) is 0 Å². The van der Waals surface area contributed by atoms with Gasteiger partial charge in [-0.05, 0) is 0 Å². The molecule has 0 saturated carbocycles. The normalized spacial score (nSPS) is 12.6. The Morgan fingerprint density at radius 3 is 1.75 bits per heavy atom. The van der Waals surface area contributed by atoms with Gasteiger partial charge in [-0.3, -0.25) is 35.1 Å². The maximum Gasteiger partial charge on any atom is 0.690 e. The zero-order chi connectivity index (χ0) is 13.1. The molecule has 0 heterocycles. The molecule has 0 aliphatic rings. The van der Waals surface area contributed by atoms with Crippen LogP contribution in [-0.2, 0) is 9.53 Å². The zero-order valence-corrected chi connectivity index (χ0v) is 8.18. The van der Waals surface area contributed by atoms with Crippen molar-refractivity contribution in [2.75, 3.05) is 0 Å². The molecule has 0 fully saturated rings. The molecule has 1 atom stereocenters. The molecule has 11 nitrogen and oxygen atoms in total. The van der Waals surface area contributed by atoms with E-state index in [9.17, 15) is 35.1 Å². The first kappa shape index (κ1) is 13.7. The van der Waals surface area contributed by atoms with Crippen LogP contribution in [0.15, 0.2) is 0 Å². The number of esters is 1. The van der Waals surface area contributed by atoms with E-state index in [1.165, 1.54) is 0 Å². The molecule has 1 unspecified atom stereocenters. The van der Waals surface area contributed by atoms with Gasteiger partial charge in [0.15, 0.2) is 0 Å². The van der Waals surface area contributed by atoms with Crippen molar-refractivity contribution < 1.29 is 24.3 Å². The molecule has 0 aliphatic heterocycles. The van der Waals surface area contributed by atoms with Crippen LogP contribution in [0.25, 0.3) is 0 Å². The number of ether oxygens (including phenoxy) is 1. The zero-order valence-electron chi connectivity index (χ0n) is 8.18. The average Bonchev–Trinajstić information content (AvgIpc) is 2.11. The van der Waals surface area contributed by atoms with Crippen LogP contribution in [0.2, 0.25) is 0 Å². The molecule has 0 radical (unpaired) electrons. The Balaban J connectivity index is 5.61. The summed E-state index contributed by atoms with van der Waals surface area (Å²) < 4.78 is 3.91. The van der Waals surface area contributed by atoms with Crippen LogP contribution >= 0.6 is 0 Å². The summed E-state index contributed by atoms with van der Waals surface area (Å²) in [6.45, 7) is 1.28. The number of carbonyl (C=O) groups excluding carboxylic acids is 1. The third-order valence-corrected chi connectivity index (χ3v) is 1.68. The second-order valence-corrected chi connectivity index (χ2v) is 2.73. The van der Waals surface area contributed by atoms with E-state index >= 15 is 0 Å². The van der Waals surface area contributed by atoms with Crippen molar-refractivity contribution in [1.29, 1.82) is 0 Å². The van der Waals surface area contributed by atoms with Crippen LogP contribution in [0.5, 0.6) is 0 Å². The van der Waals surface area contributed by atoms with E-state index in [1.54, 1.807) is 0 Å². The predicted octanol–water partition coefficient (Wildman–Crippen LogP) is -0.578. The van der Waals surface area contributed by atoms with E-state index < -0.39 is 32.6 Å². The van der Waals surface area contributed by atoms with Crippen LogP contribution in [0.4, 0.5) is 0 Å². The monoisotopic (exact) mass is 237 g/mol. The Bertz CT molecular complexity index is 338. The van der Waals surface area contributed by atoms with Crippen molar-refractivity contribution in [3.63, 3.8) is 0 Å². The standard InChI is InChI=1S/C5H7N3O8/c1-3(6(10)11)5(7(12)13,8(14)15)16-4(2)9/h3H,1-2H3. The van der Waals surface area contributed by atoms with Crippen molar-refractivity contribution in [3.8, 4) is 0 Å². The highest BCUT2D eigenvalue weighted by atomic mass is 16.8. The summed E-state index contributed by atoms with van der Waals surface area (Å²) in [6.07, 6.45) is 0. The van der Waals surface area contributed by atoms with E-state index in [0.29, 0.717) is 13.8 Å². The molecule has 0 bridgehead atoms. The van der Waals surface area contributed by atoms with Crippen LogP contribution in [0.1, 0.15) is 13.8 Å². The first-order valence-corrected chi connectivity index (χ1v) is 3.78. The fourth-order valence-electron chi connectivity index (χ4n) is 0.880. The molecule has 0 saturated heterocycles. The number of hydrogen-bond acceptors (Lipinski definition) is 8. The van der Waals surface area contributed by atoms with Gasteiger partial charge in [0, 0.05) is 18.8 Å². The molecular formula is C5H7N3O8. The third kappa shape index (κ3) is 2.18. The summed E-state index contributed by atoms with van der Waals surface area (Å²) in [5.41, 5.74) is 0. The Hall–Kier alpha value is -2.33.